The van der Waals surface area contributed by atoms with Crippen LogP contribution in [0.2, 0.25) is 0 Å². The lowest BCUT2D eigenvalue weighted by Crippen LogP contribution is -2.46. The topological polar surface area (TPSA) is 78.9 Å². The van der Waals surface area contributed by atoms with Crippen molar-refractivity contribution in [3.63, 3.8) is 0 Å². The second-order valence-corrected chi connectivity index (χ2v) is 9.96. The number of ether oxygens (including phenoxy) is 3. The quantitative estimate of drug-likeness (QED) is 0.388. The van der Waals surface area contributed by atoms with Crippen LogP contribution in [-0.4, -0.2) is 42.9 Å². The highest BCUT2D eigenvalue weighted by Crippen LogP contribution is 2.63. The van der Waals surface area contributed by atoms with Crippen molar-refractivity contribution in [3.8, 4) is 0 Å². The maximum atomic E-state index is 12.9. The van der Waals surface area contributed by atoms with Crippen molar-refractivity contribution in [1.82, 2.24) is 0 Å². The van der Waals surface area contributed by atoms with E-state index in [1.807, 2.05) is 0 Å². The van der Waals surface area contributed by atoms with Crippen molar-refractivity contribution in [3.05, 3.63) is 0 Å². The molecule has 1 saturated heterocycles. The molecule has 5 fully saturated rings. The normalized spacial score (nSPS) is 48.2. The fourth-order valence-electron chi connectivity index (χ4n) is 7.14. The molecule has 0 aromatic rings. The number of carbonyl (C=O) groups is 3. The summed E-state index contributed by atoms with van der Waals surface area (Å²) >= 11 is 0. The molecule has 4 aliphatic carbocycles. The predicted molar refractivity (Wildman–Crippen MR) is 93.5 cm³/mol. The van der Waals surface area contributed by atoms with Crippen molar-refractivity contribution in [2.45, 2.75) is 57.9 Å². The van der Waals surface area contributed by atoms with E-state index >= 15 is 0 Å². The van der Waals surface area contributed by atoms with Crippen LogP contribution in [0, 0.1) is 46.8 Å². The monoisotopic (exact) mass is 430 g/mol. The van der Waals surface area contributed by atoms with Crippen molar-refractivity contribution in [2.24, 2.45) is 46.8 Å². The molecule has 0 amide bonds. The summed E-state index contributed by atoms with van der Waals surface area (Å²) in [5.74, 6) is -1.46. The zero-order valence-electron chi connectivity index (χ0n) is 16.8. The van der Waals surface area contributed by atoms with Gasteiger partial charge in [0.2, 0.25) is 0 Å². The Morgan fingerprint density at radius 2 is 1.87 bits per heavy atom. The van der Waals surface area contributed by atoms with E-state index in [1.54, 1.807) is 0 Å². The van der Waals surface area contributed by atoms with E-state index in [9.17, 15) is 27.6 Å². The Hall–Kier alpha value is -1.80. The number of halogens is 3. The maximum Gasteiger partial charge on any atom is 0.422 e. The summed E-state index contributed by atoms with van der Waals surface area (Å²) in [7, 11) is 0. The minimum Gasteiger partial charge on any atom is -0.458 e. The Labute approximate surface area is 171 Å². The molecule has 1 heterocycles. The standard InChI is InChI=1S/C21H25F3O6/c1-8-9(2)12-3-10(8)4-13(12)17(25)29-15-11-5-14-16(15)30-19(27)20(14,6-11)18(26)28-7-21(22,23)24/h8-16H,3-7H2,1-2H3. The highest BCUT2D eigenvalue weighted by molar-refractivity contribution is 6.03. The van der Waals surface area contributed by atoms with Gasteiger partial charge in [0.1, 0.15) is 12.2 Å². The molecule has 166 valence electrons. The van der Waals surface area contributed by atoms with Gasteiger partial charge in [-0.25, -0.2) is 0 Å². The number of alkyl halides is 3. The molecular formula is C21H25F3O6. The zero-order valence-corrected chi connectivity index (χ0v) is 16.8. The average Bonchev–Trinajstić information content (AvgIpc) is 3.42. The minimum absolute atomic E-state index is 0.00575. The molecule has 30 heavy (non-hydrogen) atoms. The first-order valence-electron chi connectivity index (χ1n) is 10.7. The molecule has 4 saturated carbocycles. The maximum absolute atomic E-state index is 12.9. The Balaban J connectivity index is 1.27. The first-order chi connectivity index (χ1) is 14.0. The van der Waals surface area contributed by atoms with Crippen molar-refractivity contribution in [1.29, 1.82) is 0 Å². The fraction of sp³-hybridized carbons (Fsp3) is 0.857. The van der Waals surface area contributed by atoms with E-state index in [4.69, 9.17) is 9.47 Å². The molecular weight excluding hydrogens is 405 g/mol. The average molecular weight is 430 g/mol. The first-order valence-corrected chi connectivity index (χ1v) is 10.7. The van der Waals surface area contributed by atoms with Gasteiger partial charge in [0.25, 0.3) is 0 Å². The molecule has 10 atom stereocenters. The Kier molecular flexibility index (Phi) is 4.26. The van der Waals surface area contributed by atoms with E-state index in [0.29, 0.717) is 30.1 Å². The zero-order chi connectivity index (χ0) is 21.6. The second-order valence-electron chi connectivity index (χ2n) is 9.96. The van der Waals surface area contributed by atoms with Crippen LogP contribution in [0.15, 0.2) is 0 Å². The van der Waals surface area contributed by atoms with Gasteiger partial charge < -0.3 is 14.2 Å². The molecule has 0 N–H and O–H groups in total. The molecule has 10 unspecified atom stereocenters. The Bertz CT molecular complexity index is 794. The largest absolute Gasteiger partial charge is 0.458 e. The van der Waals surface area contributed by atoms with E-state index < -0.39 is 48.3 Å². The van der Waals surface area contributed by atoms with Crippen LogP contribution in [0.3, 0.4) is 0 Å². The third kappa shape index (κ3) is 2.65. The number of rotatable bonds is 4. The minimum atomic E-state index is -4.67. The molecule has 6 nitrogen and oxygen atoms in total. The van der Waals surface area contributed by atoms with Crippen LogP contribution in [0.4, 0.5) is 13.2 Å². The molecule has 9 heteroatoms. The summed E-state index contributed by atoms with van der Waals surface area (Å²) in [4.78, 5) is 37.9. The Morgan fingerprint density at radius 3 is 2.50 bits per heavy atom. The predicted octanol–water partition coefficient (Wildman–Crippen LogP) is 2.88. The van der Waals surface area contributed by atoms with Gasteiger partial charge in [0, 0.05) is 11.8 Å². The van der Waals surface area contributed by atoms with Gasteiger partial charge in [-0.2, -0.15) is 13.2 Å². The molecule has 0 aromatic carbocycles. The molecule has 5 rings (SSSR count). The number of carbonyl (C=O) groups excluding carboxylic acids is 3. The van der Waals surface area contributed by atoms with Gasteiger partial charge in [-0.3, -0.25) is 14.4 Å². The smallest absolute Gasteiger partial charge is 0.422 e. The van der Waals surface area contributed by atoms with E-state index in [1.165, 1.54) is 0 Å². The lowest BCUT2D eigenvalue weighted by Gasteiger charge is -2.34. The van der Waals surface area contributed by atoms with Gasteiger partial charge in [0.05, 0.1) is 5.92 Å². The summed E-state index contributed by atoms with van der Waals surface area (Å²) in [5, 5.41) is 0. The van der Waals surface area contributed by atoms with Crippen LogP contribution in [-0.2, 0) is 28.6 Å². The third-order valence-electron chi connectivity index (χ3n) is 8.75. The molecule has 4 bridgehead atoms. The van der Waals surface area contributed by atoms with Crippen LogP contribution in [0.25, 0.3) is 0 Å². The number of hydrogen-bond acceptors (Lipinski definition) is 6. The van der Waals surface area contributed by atoms with Gasteiger partial charge >= 0.3 is 24.1 Å². The molecule has 1 aliphatic heterocycles. The van der Waals surface area contributed by atoms with Crippen molar-refractivity contribution in [2.75, 3.05) is 6.61 Å². The third-order valence-corrected chi connectivity index (χ3v) is 8.75. The van der Waals surface area contributed by atoms with Gasteiger partial charge in [-0.05, 0) is 49.4 Å². The molecule has 0 radical (unpaired) electrons. The van der Waals surface area contributed by atoms with Gasteiger partial charge in [-0.1, -0.05) is 13.8 Å². The number of esters is 3. The van der Waals surface area contributed by atoms with Crippen LogP contribution >= 0.6 is 0 Å². The number of fused-ring (bicyclic) bond motifs is 3. The second kappa shape index (κ2) is 6.36. The molecule has 0 spiro atoms. The molecule has 0 aromatic heterocycles. The molecule has 5 aliphatic rings. The SMILES string of the molecule is CC1C2CC(C(=O)OC3C4CC5C3OC(=O)C5(C(=O)OCC(F)(F)F)C4)C(C2)C1C. The summed E-state index contributed by atoms with van der Waals surface area (Å²) < 4.78 is 53.0. The van der Waals surface area contributed by atoms with Crippen molar-refractivity contribution < 1.29 is 41.8 Å². The van der Waals surface area contributed by atoms with Crippen LogP contribution in [0.5, 0.6) is 0 Å². The lowest BCUT2D eigenvalue weighted by molar-refractivity contribution is -0.196. The summed E-state index contributed by atoms with van der Waals surface area (Å²) in [6.45, 7) is 2.66. The number of hydrogen-bond donors (Lipinski definition) is 0. The highest BCUT2D eigenvalue weighted by Gasteiger charge is 2.75. The lowest BCUT2D eigenvalue weighted by atomic mass is 9.73. The van der Waals surface area contributed by atoms with Gasteiger partial charge in [0.15, 0.2) is 12.0 Å². The first kappa shape index (κ1) is 20.1. The van der Waals surface area contributed by atoms with Gasteiger partial charge in [-0.15, -0.1) is 0 Å². The summed E-state index contributed by atoms with van der Waals surface area (Å²) in [5.41, 5.74) is -1.69. The summed E-state index contributed by atoms with van der Waals surface area (Å²) in [6, 6.07) is 0. The van der Waals surface area contributed by atoms with E-state index in [0.717, 1.165) is 12.8 Å². The van der Waals surface area contributed by atoms with E-state index in [2.05, 4.69) is 18.6 Å². The highest BCUT2D eigenvalue weighted by atomic mass is 19.4. The van der Waals surface area contributed by atoms with Crippen LogP contribution in [0.1, 0.15) is 39.5 Å². The van der Waals surface area contributed by atoms with Crippen LogP contribution < -0.4 is 0 Å². The van der Waals surface area contributed by atoms with E-state index in [-0.39, 0.29) is 24.2 Å². The summed E-state index contributed by atoms with van der Waals surface area (Å²) in [6.07, 6.45) is -3.83. The van der Waals surface area contributed by atoms with Crippen molar-refractivity contribution >= 4 is 17.9 Å². The fourth-order valence-corrected chi connectivity index (χ4v) is 7.14. The Morgan fingerprint density at radius 1 is 1.13 bits per heavy atom.